The highest BCUT2D eigenvalue weighted by Gasteiger charge is 2.11. The van der Waals surface area contributed by atoms with Crippen molar-refractivity contribution in [2.24, 2.45) is 0 Å². The summed E-state index contributed by atoms with van der Waals surface area (Å²) >= 11 is 3.39. The van der Waals surface area contributed by atoms with E-state index in [1.807, 2.05) is 56.3 Å². The van der Waals surface area contributed by atoms with Crippen LogP contribution >= 0.6 is 15.9 Å². The van der Waals surface area contributed by atoms with E-state index in [-0.39, 0.29) is 18.4 Å². The minimum atomic E-state index is -0.231. The number of likely N-dealkylation sites (N-methyl/N-ethyl adjacent to an activating group) is 1. The van der Waals surface area contributed by atoms with Gasteiger partial charge in [0, 0.05) is 23.3 Å². The van der Waals surface area contributed by atoms with Crippen molar-refractivity contribution in [2.45, 2.75) is 13.8 Å². The number of nitrogens with zero attached hydrogens (tertiary/aromatic N) is 1. The quantitative estimate of drug-likeness (QED) is 0.765. The third-order valence-electron chi connectivity index (χ3n) is 3.72. The summed E-state index contributed by atoms with van der Waals surface area (Å²) in [7, 11) is 1.61. The molecule has 2 rings (SSSR count). The smallest absolute Gasteiger partial charge is 0.246 e. The Kier molecular flexibility index (Phi) is 6.53. The summed E-state index contributed by atoms with van der Waals surface area (Å²) in [4.78, 5) is 25.7. The van der Waals surface area contributed by atoms with Gasteiger partial charge in [0.1, 0.15) is 0 Å². The second-order valence-electron chi connectivity index (χ2n) is 5.95. The highest BCUT2D eigenvalue weighted by atomic mass is 79.9. The number of hydrogen-bond acceptors (Lipinski definition) is 2. The predicted octanol–water partition coefficient (Wildman–Crippen LogP) is 4.18. The van der Waals surface area contributed by atoms with E-state index in [0.29, 0.717) is 0 Å². The third kappa shape index (κ3) is 5.87. The normalized spacial score (nSPS) is 10.7. The summed E-state index contributed by atoms with van der Waals surface area (Å²) in [5.41, 5.74) is 3.81. The maximum atomic E-state index is 12.1. The number of aryl methyl sites for hydroxylation is 2. The summed E-state index contributed by atoms with van der Waals surface area (Å²) in [6.07, 6.45) is 3.22. The van der Waals surface area contributed by atoms with Crippen LogP contribution in [0.15, 0.2) is 53.0 Å². The van der Waals surface area contributed by atoms with Crippen molar-refractivity contribution in [1.29, 1.82) is 0 Å². The topological polar surface area (TPSA) is 49.4 Å². The maximum Gasteiger partial charge on any atom is 0.246 e. The molecule has 5 heteroatoms. The van der Waals surface area contributed by atoms with Crippen LogP contribution in [0.1, 0.15) is 16.7 Å². The summed E-state index contributed by atoms with van der Waals surface area (Å²) in [5.74, 6) is -0.451. The molecular weight excluding hydrogens is 380 g/mol. The van der Waals surface area contributed by atoms with Crippen molar-refractivity contribution in [2.75, 3.05) is 18.9 Å². The van der Waals surface area contributed by atoms with Gasteiger partial charge in [-0.25, -0.2) is 0 Å². The zero-order valence-electron chi connectivity index (χ0n) is 14.5. The molecule has 0 aliphatic carbocycles. The predicted molar refractivity (Wildman–Crippen MR) is 105 cm³/mol. The van der Waals surface area contributed by atoms with Crippen molar-refractivity contribution >= 4 is 39.5 Å². The first-order chi connectivity index (χ1) is 11.8. The standard InChI is InChI=1S/C20H21BrN2O2/c1-14-4-6-16(7-5-14)8-11-20(25)23(3)13-19(24)22-18-10-9-17(21)12-15(18)2/h4-12H,13H2,1-3H3,(H,22,24)/b11-8+. The first-order valence-corrected chi connectivity index (χ1v) is 8.70. The van der Waals surface area contributed by atoms with Crippen molar-refractivity contribution < 1.29 is 9.59 Å². The summed E-state index contributed by atoms with van der Waals surface area (Å²) < 4.78 is 0.955. The molecule has 25 heavy (non-hydrogen) atoms. The van der Waals surface area contributed by atoms with Crippen LogP contribution in [0.4, 0.5) is 5.69 Å². The molecule has 0 saturated heterocycles. The van der Waals surface area contributed by atoms with E-state index in [9.17, 15) is 9.59 Å². The van der Waals surface area contributed by atoms with E-state index in [0.717, 1.165) is 21.3 Å². The Labute approximate surface area is 156 Å². The lowest BCUT2D eigenvalue weighted by Gasteiger charge is -2.15. The van der Waals surface area contributed by atoms with Gasteiger partial charge >= 0.3 is 0 Å². The van der Waals surface area contributed by atoms with Crippen LogP contribution in [-0.4, -0.2) is 30.3 Å². The number of anilines is 1. The SMILES string of the molecule is Cc1ccc(/C=C/C(=O)N(C)CC(=O)Nc2ccc(Br)cc2C)cc1. The van der Waals surface area contributed by atoms with Gasteiger partial charge in [-0.1, -0.05) is 45.8 Å². The number of carbonyl (C=O) groups is 2. The Balaban J connectivity index is 1.91. The summed E-state index contributed by atoms with van der Waals surface area (Å²) in [5, 5.41) is 2.83. The molecular formula is C20H21BrN2O2. The molecule has 0 atom stereocenters. The number of benzene rings is 2. The molecule has 0 unspecified atom stereocenters. The summed E-state index contributed by atoms with van der Waals surface area (Å²) in [6.45, 7) is 3.92. The van der Waals surface area contributed by atoms with Crippen LogP contribution in [-0.2, 0) is 9.59 Å². The fourth-order valence-electron chi connectivity index (χ4n) is 2.22. The molecule has 0 heterocycles. The van der Waals surface area contributed by atoms with Crippen LogP contribution in [0.25, 0.3) is 6.08 Å². The molecule has 1 N–H and O–H groups in total. The molecule has 2 amide bonds. The van der Waals surface area contributed by atoms with Crippen molar-refractivity contribution in [3.05, 3.63) is 69.7 Å². The Morgan fingerprint density at radius 3 is 2.44 bits per heavy atom. The van der Waals surface area contributed by atoms with Crippen LogP contribution in [0, 0.1) is 13.8 Å². The number of carbonyl (C=O) groups excluding carboxylic acids is 2. The highest BCUT2D eigenvalue weighted by Crippen LogP contribution is 2.19. The van der Waals surface area contributed by atoms with Gasteiger partial charge in [-0.2, -0.15) is 0 Å². The van der Waals surface area contributed by atoms with Gasteiger partial charge in [-0.3, -0.25) is 9.59 Å². The minimum Gasteiger partial charge on any atom is -0.333 e. The van der Waals surface area contributed by atoms with Crippen LogP contribution in [0.2, 0.25) is 0 Å². The molecule has 0 spiro atoms. The van der Waals surface area contributed by atoms with E-state index in [1.54, 1.807) is 13.1 Å². The van der Waals surface area contributed by atoms with E-state index in [4.69, 9.17) is 0 Å². The Morgan fingerprint density at radius 2 is 1.80 bits per heavy atom. The van der Waals surface area contributed by atoms with Gasteiger partial charge in [0.2, 0.25) is 11.8 Å². The van der Waals surface area contributed by atoms with Crippen molar-refractivity contribution in [1.82, 2.24) is 4.90 Å². The molecule has 0 aliphatic heterocycles. The van der Waals surface area contributed by atoms with E-state index in [2.05, 4.69) is 21.2 Å². The molecule has 2 aromatic carbocycles. The molecule has 0 aliphatic rings. The first-order valence-electron chi connectivity index (χ1n) is 7.91. The Hall–Kier alpha value is -2.40. The molecule has 2 aromatic rings. The minimum absolute atomic E-state index is 0.00737. The molecule has 0 bridgehead atoms. The van der Waals surface area contributed by atoms with Gasteiger partial charge < -0.3 is 10.2 Å². The van der Waals surface area contributed by atoms with E-state index in [1.165, 1.54) is 16.5 Å². The Morgan fingerprint density at radius 1 is 1.12 bits per heavy atom. The van der Waals surface area contributed by atoms with Gasteiger partial charge in [0.05, 0.1) is 6.54 Å². The van der Waals surface area contributed by atoms with Crippen LogP contribution < -0.4 is 5.32 Å². The lowest BCUT2D eigenvalue weighted by Crippen LogP contribution is -2.34. The fraction of sp³-hybridized carbons (Fsp3) is 0.200. The zero-order valence-corrected chi connectivity index (χ0v) is 16.1. The molecule has 0 radical (unpaired) electrons. The maximum absolute atomic E-state index is 12.1. The lowest BCUT2D eigenvalue weighted by molar-refractivity contribution is -0.129. The van der Waals surface area contributed by atoms with Crippen LogP contribution in [0.3, 0.4) is 0 Å². The van der Waals surface area contributed by atoms with Gasteiger partial charge in [-0.05, 0) is 49.2 Å². The van der Waals surface area contributed by atoms with Gasteiger partial charge in [0.25, 0.3) is 0 Å². The molecule has 0 aromatic heterocycles. The molecule has 130 valence electrons. The third-order valence-corrected chi connectivity index (χ3v) is 4.21. The molecule has 0 fully saturated rings. The number of amides is 2. The second-order valence-corrected chi connectivity index (χ2v) is 6.86. The largest absolute Gasteiger partial charge is 0.333 e. The van der Waals surface area contributed by atoms with Crippen LogP contribution in [0.5, 0.6) is 0 Å². The fourth-order valence-corrected chi connectivity index (χ4v) is 2.70. The number of nitrogens with one attached hydrogen (secondary N) is 1. The highest BCUT2D eigenvalue weighted by molar-refractivity contribution is 9.10. The van der Waals surface area contributed by atoms with Gasteiger partial charge in [-0.15, -0.1) is 0 Å². The van der Waals surface area contributed by atoms with Crippen molar-refractivity contribution in [3.63, 3.8) is 0 Å². The van der Waals surface area contributed by atoms with Crippen molar-refractivity contribution in [3.8, 4) is 0 Å². The van der Waals surface area contributed by atoms with E-state index < -0.39 is 0 Å². The number of hydrogen-bond donors (Lipinski definition) is 1. The second kappa shape index (κ2) is 8.62. The summed E-state index contributed by atoms with van der Waals surface area (Å²) in [6, 6.07) is 13.5. The average Bonchev–Trinajstić information content (AvgIpc) is 2.56. The Bertz CT molecular complexity index is 798. The molecule has 4 nitrogen and oxygen atoms in total. The zero-order chi connectivity index (χ0) is 18.4. The number of rotatable bonds is 5. The first kappa shape index (κ1) is 18.9. The van der Waals surface area contributed by atoms with E-state index >= 15 is 0 Å². The lowest BCUT2D eigenvalue weighted by atomic mass is 10.1. The number of halogens is 1. The van der Waals surface area contributed by atoms with Gasteiger partial charge in [0.15, 0.2) is 0 Å². The molecule has 0 saturated carbocycles. The monoisotopic (exact) mass is 400 g/mol. The average molecular weight is 401 g/mol.